The summed E-state index contributed by atoms with van der Waals surface area (Å²) in [6.45, 7) is 7.47. The van der Waals surface area contributed by atoms with E-state index in [1.807, 2.05) is 6.92 Å². The molecule has 92 valence electrons. The summed E-state index contributed by atoms with van der Waals surface area (Å²) in [4.78, 5) is 17.2. The highest BCUT2D eigenvalue weighted by molar-refractivity contribution is 9.11. The highest BCUT2D eigenvalue weighted by Gasteiger charge is 2.24. The smallest absolute Gasteiger partial charge is 0.342 e. The Kier molecular flexibility index (Phi) is 4.96. The second-order valence-electron chi connectivity index (χ2n) is 3.09. The maximum Gasteiger partial charge on any atom is 0.342 e. The lowest BCUT2D eigenvalue weighted by atomic mass is 10.2. The van der Waals surface area contributed by atoms with Crippen LogP contribution in [0.1, 0.15) is 13.8 Å². The average molecular weight is 320 g/mol. The van der Waals surface area contributed by atoms with Gasteiger partial charge in [-0.1, -0.05) is 34.1 Å². The molecule has 0 aromatic heterocycles. The summed E-state index contributed by atoms with van der Waals surface area (Å²) >= 11 is 9.42. The van der Waals surface area contributed by atoms with Gasteiger partial charge in [-0.3, -0.25) is 4.90 Å². The van der Waals surface area contributed by atoms with E-state index in [9.17, 15) is 4.79 Å². The molecule has 6 heteroatoms. The van der Waals surface area contributed by atoms with Crippen molar-refractivity contribution in [1.29, 1.82) is 0 Å². The number of esters is 1. The van der Waals surface area contributed by atoms with Crippen molar-refractivity contribution in [2.24, 2.45) is 4.99 Å². The third kappa shape index (κ3) is 2.98. The molecule has 0 N–H and O–H groups in total. The lowest BCUT2D eigenvalue weighted by molar-refractivity contribution is -0.137. The average Bonchev–Trinajstić information content (AvgIpc) is 2.28. The highest BCUT2D eigenvalue weighted by Crippen LogP contribution is 2.29. The molecule has 1 aliphatic rings. The van der Waals surface area contributed by atoms with Crippen LogP contribution in [0.25, 0.3) is 0 Å². The summed E-state index contributed by atoms with van der Waals surface area (Å²) < 4.78 is 5.67. The monoisotopic (exact) mass is 318 g/mol. The van der Waals surface area contributed by atoms with Crippen molar-refractivity contribution in [3.8, 4) is 0 Å². The fraction of sp³-hybridized carbons (Fsp3) is 0.273. The van der Waals surface area contributed by atoms with Gasteiger partial charge in [0.2, 0.25) is 0 Å². The summed E-state index contributed by atoms with van der Waals surface area (Å²) in [6, 6.07) is 0. The zero-order valence-corrected chi connectivity index (χ0v) is 11.9. The second-order valence-corrected chi connectivity index (χ2v) is 4.64. The van der Waals surface area contributed by atoms with Gasteiger partial charge in [-0.15, -0.1) is 0 Å². The molecular weight excluding hydrogens is 307 g/mol. The van der Waals surface area contributed by atoms with Crippen LogP contribution >= 0.6 is 27.5 Å². The third-order valence-corrected chi connectivity index (χ3v) is 2.70. The van der Waals surface area contributed by atoms with Crippen LogP contribution < -0.4 is 0 Å². The number of hydrogen-bond donors (Lipinski definition) is 0. The van der Waals surface area contributed by atoms with Crippen LogP contribution in [0, 0.1) is 0 Å². The van der Waals surface area contributed by atoms with Crippen LogP contribution in [0.5, 0.6) is 0 Å². The predicted octanol–water partition coefficient (Wildman–Crippen LogP) is 3.11. The molecule has 0 fully saturated rings. The number of hydrogen-bond acceptors (Lipinski definition) is 4. The Hall–Kier alpha value is -1.07. The van der Waals surface area contributed by atoms with Gasteiger partial charge in [-0.05, 0) is 13.8 Å². The molecule has 0 spiro atoms. The Morgan fingerprint density at radius 1 is 1.76 bits per heavy atom. The minimum Gasteiger partial charge on any atom is -0.462 e. The van der Waals surface area contributed by atoms with Crippen LogP contribution in [0.4, 0.5) is 0 Å². The Morgan fingerprint density at radius 2 is 2.41 bits per heavy atom. The zero-order chi connectivity index (χ0) is 13.0. The molecule has 0 unspecified atom stereocenters. The molecule has 1 rings (SSSR count). The van der Waals surface area contributed by atoms with Gasteiger partial charge in [0.25, 0.3) is 0 Å². The van der Waals surface area contributed by atoms with Crippen molar-refractivity contribution >= 4 is 39.7 Å². The first kappa shape index (κ1) is 14.0. The molecule has 0 atom stereocenters. The molecule has 0 amide bonds. The molecule has 0 aromatic rings. The van der Waals surface area contributed by atoms with Crippen molar-refractivity contribution < 1.29 is 9.53 Å². The number of ether oxygens (including phenoxy) is 1. The first-order valence-electron chi connectivity index (χ1n) is 4.92. The lowest BCUT2D eigenvalue weighted by Gasteiger charge is -2.24. The van der Waals surface area contributed by atoms with Crippen molar-refractivity contribution in [2.75, 3.05) is 6.61 Å². The Balaban J connectivity index is 3.16. The standard InChI is InChI=1S/C11H12BrClN2O2/c1-4-15-9(13)8(11(16)17-5-2)6-14-10(15)7(3)12/h4,6H,1,5H2,2-3H3. The van der Waals surface area contributed by atoms with Crippen LogP contribution in [0.3, 0.4) is 0 Å². The highest BCUT2D eigenvalue weighted by atomic mass is 79.9. The van der Waals surface area contributed by atoms with Gasteiger partial charge in [0.15, 0.2) is 0 Å². The van der Waals surface area contributed by atoms with Crippen LogP contribution in [0.15, 0.2) is 38.8 Å². The molecule has 4 nitrogen and oxygen atoms in total. The van der Waals surface area contributed by atoms with E-state index in [4.69, 9.17) is 16.3 Å². The number of carbonyl (C=O) groups excluding carboxylic acids is 1. The normalized spacial score (nSPS) is 18.2. The summed E-state index contributed by atoms with van der Waals surface area (Å²) in [5.74, 6) is 0.0809. The van der Waals surface area contributed by atoms with Crippen molar-refractivity contribution in [3.05, 3.63) is 33.8 Å². The van der Waals surface area contributed by atoms with Crippen LogP contribution in [0.2, 0.25) is 0 Å². The molecule has 17 heavy (non-hydrogen) atoms. The summed E-state index contributed by atoms with van der Waals surface area (Å²) in [5.41, 5.74) is 0.214. The molecule has 0 saturated heterocycles. The predicted molar refractivity (Wildman–Crippen MR) is 71.7 cm³/mol. The molecule has 0 aliphatic carbocycles. The zero-order valence-electron chi connectivity index (χ0n) is 9.54. The first-order chi connectivity index (χ1) is 8.02. The molecule has 0 radical (unpaired) electrons. The molecule has 1 aliphatic heterocycles. The van der Waals surface area contributed by atoms with E-state index >= 15 is 0 Å². The fourth-order valence-corrected chi connectivity index (χ4v) is 1.80. The topological polar surface area (TPSA) is 41.9 Å². The van der Waals surface area contributed by atoms with Gasteiger partial charge in [0.05, 0.1) is 6.61 Å². The van der Waals surface area contributed by atoms with Gasteiger partial charge >= 0.3 is 5.97 Å². The number of halogens is 2. The first-order valence-corrected chi connectivity index (χ1v) is 6.09. The van der Waals surface area contributed by atoms with Gasteiger partial charge in [-0.25, -0.2) is 9.79 Å². The minimum atomic E-state index is -0.501. The summed E-state index contributed by atoms with van der Waals surface area (Å²) in [7, 11) is 0. The Morgan fingerprint density at radius 3 is 2.88 bits per heavy atom. The lowest BCUT2D eigenvalue weighted by Crippen LogP contribution is -2.23. The van der Waals surface area contributed by atoms with E-state index in [0.717, 1.165) is 4.48 Å². The van der Waals surface area contributed by atoms with E-state index in [-0.39, 0.29) is 17.3 Å². The van der Waals surface area contributed by atoms with E-state index in [0.29, 0.717) is 5.82 Å². The molecule has 1 heterocycles. The SMILES string of the molecule is C=CN1C(Cl)=C(C(=O)OCC)C=NC1=C(C)Br. The fourth-order valence-electron chi connectivity index (χ4n) is 1.23. The summed E-state index contributed by atoms with van der Waals surface area (Å²) in [6.07, 6.45) is 2.87. The van der Waals surface area contributed by atoms with Crippen LogP contribution in [-0.4, -0.2) is 23.7 Å². The summed E-state index contributed by atoms with van der Waals surface area (Å²) in [5, 5.41) is 0.224. The van der Waals surface area contributed by atoms with E-state index in [1.165, 1.54) is 17.3 Å². The van der Waals surface area contributed by atoms with Gasteiger partial charge in [0, 0.05) is 16.9 Å². The third-order valence-electron chi connectivity index (χ3n) is 1.96. The quantitative estimate of drug-likeness (QED) is 0.593. The number of allylic oxidation sites excluding steroid dienone is 1. The Labute approximate surface area is 113 Å². The number of nitrogens with zero attached hydrogens (tertiary/aromatic N) is 2. The van der Waals surface area contributed by atoms with E-state index in [1.54, 1.807) is 6.92 Å². The largest absolute Gasteiger partial charge is 0.462 e. The second kappa shape index (κ2) is 6.02. The van der Waals surface area contributed by atoms with Gasteiger partial charge in [-0.2, -0.15) is 0 Å². The maximum atomic E-state index is 11.6. The molecule has 0 bridgehead atoms. The van der Waals surface area contributed by atoms with Crippen molar-refractivity contribution in [3.63, 3.8) is 0 Å². The van der Waals surface area contributed by atoms with E-state index in [2.05, 4.69) is 27.5 Å². The van der Waals surface area contributed by atoms with Crippen LogP contribution in [-0.2, 0) is 9.53 Å². The molecule has 0 aromatic carbocycles. The van der Waals surface area contributed by atoms with Gasteiger partial charge < -0.3 is 4.74 Å². The molecule has 0 saturated carbocycles. The van der Waals surface area contributed by atoms with E-state index < -0.39 is 5.97 Å². The van der Waals surface area contributed by atoms with Crippen molar-refractivity contribution in [2.45, 2.75) is 13.8 Å². The maximum absolute atomic E-state index is 11.6. The number of carbonyl (C=O) groups is 1. The number of rotatable bonds is 3. The minimum absolute atomic E-state index is 0.214. The molecular formula is C11H12BrClN2O2. The van der Waals surface area contributed by atoms with Gasteiger partial charge in [0.1, 0.15) is 16.6 Å². The van der Waals surface area contributed by atoms with Crippen molar-refractivity contribution in [1.82, 2.24) is 4.90 Å². The number of aliphatic imine (C=N–C) groups is 1. The Bertz CT molecular complexity index is 437.